The molecule has 0 radical (unpaired) electrons. The minimum atomic E-state index is -0.375. The molecule has 2 rings (SSSR count). The van der Waals surface area contributed by atoms with Crippen LogP contribution in [0.3, 0.4) is 0 Å². The Morgan fingerprint density at radius 1 is 1.46 bits per heavy atom. The molecular weight excluding hydrogens is 234 g/mol. The summed E-state index contributed by atoms with van der Waals surface area (Å²) >= 11 is 3.28. The first-order chi connectivity index (χ1) is 6.16. The fourth-order valence-electron chi connectivity index (χ4n) is 1.14. The molecule has 0 amide bonds. The van der Waals surface area contributed by atoms with E-state index in [2.05, 4.69) is 27.8 Å². The number of nitrogens with one attached hydrogen (secondary N) is 1. The Bertz CT molecular complexity index is 401. The van der Waals surface area contributed by atoms with Gasteiger partial charge >= 0.3 is 5.97 Å². The molecule has 0 bridgehead atoms. The Morgan fingerprint density at radius 2 is 2.23 bits per heavy atom. The molecule has 1 aromatic carbocycles. The molecule has 0 spiro atoms. The summed E-state index contributed by atoms with van der Waals surface area (Å²) in [5, 5.41) is 2.86. The van der Waals surface area contributed by atoms with Gasteiger partial charge in [-0.1, -0.05) is 15.9 Å². The average Bonchev–Trinajstić information content (AvgIpc) is 2.06. The van der Waals surface area contributed by atoms with Gasteiger partial charge in [0.15, 0.2) is 5.88 Å². The fraction of sp³-hybridized carbons (Fsp3) is 0. The zero-order valence-corrected chi connectivity index (χ0v) is 8.22. The molecule has 1 N–H and O–H groups in total. The van der Waals surface area contributed by atoms with Gasteiger partial charge in [0.1, 0.15) is 0 Å². The molecule has 1 aliphatic rings. The number of esters is 1. The monoisotopic (exact) mass is 239 g/mol. The molecular formula is C9H6BrNO2. The second-order valence-electron chi connectivity index (χ2n) is 2.63. The molecule has 0 unspecified atom stereocenters. The topological polar surface area (TPSA) is 38.3 Å². The molecule has 0 atom stereocenters. The van der Waals surface area contributed by atoms with Gasteiger partial charge in [-0.15, -0.1) is 0 Å². The average molecular weight is 240 g/mol. The number of benzene rings is 1. The van der Waals surface area contributed by atoms with E-state index in [0.29, 0.717) is 5.56 Å². The highest BCUT2D eigenvalue weighted by Crippen LogP contribution is 2.26. The number of hydrogen-bond acceptors (Lipinski definition) is 3. The number of carbonyl (C=O) groups excluding carboxylic acids is 1. The Kier molecular flexibility index (Phi) is 1.84. The first kappa shape index (κ1) is 8.31. The molecule has 0 saturated carbocycles. The standard InChI is InChI=1S/C9H6BrNO2/c1-5-11-8-3-2-6(10)4-7(8)9(12)13-5/h2-4,11H,1H2. The number of anilines is 1. The number of rotatable bonds is 0. The zero-order chi connectivity index (χ0) is 9.42. The van der Waals surface area contributed by atoms with Crippen molar-refractivity contribution in [3.63, 3.8) is 0 Å². The molecule has 0 aromatic heterocycles. The van der Waals surface area contributed by atoms with E-state index in [0.717, 1.165) is 10.2 Å². The third-order valence-electron chi connectivity index (χ3n) is 1.69. The maximum absolute atomic E-state index is 11.3. The molecule has 1 aromatic rings. The summed E-state index contributed by atoms with van der Waals surface area (Å²) in [5.41, 5.74) is 1.24. The van der Waals surface area contributed by atoms with Crippen LogP contribution in [0.15, 0.2) is 35.1 Å². The summed E-state index contributed by atoms with van der Waals surface area (Å²) in [6.45, 7) is 3.52. The normalized spacial score (nSPS) is 14.5. The maximum atomic E-state index is 11.3. The molecule has 0 fully saturated rings. The highest BCUT2D eigenvalue weighted by Gasteiger charge is 2.20. The lowest BCUT2D eigenvalue weighted by Crippen LogP contribution is -2.18. The van der Waals surface area contributed by atoms with E-state index in [1.165, 1.54) is 0 Å². The predicted molar refractivity (Wildman–Crippen MR) is 52.3 cm³/mol. The quantitative estimate of drug-likeness (QED) is 0.708. The van der Waals surface area contributed by atoms with E-state index < -0.39 is 0 Å². The molecule has 1 aliphatic heterocycles. The Hall–Kier alpha value is -1.29. The highest BCUT2D eigenvalue weighted by molar-refractivity contribution is 9.10. The van der Waals surface area contributed by atoms with E-state index in [-0.39, 0.29) is 11.9 Å². The summed E-state index contributed by atoms with van der Waals surface area (Å²) in [6, 6.07) is 5.35. The van der Waals surface area contributed by atoms with Crippen molar-refractivity contribution >= 4 is 27.6 Å². The summed E-state index contributed by atoms with van der Waals surface area (Å²) in [5.74, 6) is -0.111. The minimum Gasteiger partial charge on any atom is -0.407 e. The van der Waals surface area contributed by atoms with E-state index in [4.69, 9.17) is 4.74 Å². The number of fused-ring (bicyclic) bond motifs is 1. The van der Waals surface area contributed by atoms with Crippen molar-refractivity contribution < 1.29 is 9.53 Å². The van der Waals surface area contributed by atoms with Crippen molar-refractivity contribution in [1.82, 2.24) is 0 Å². The van der Waals surface area contributed by atoms with Crippen molar-refractivity contribution in [3.8, 4) is 0 Å². The van der Waals surface area contributed by atoms with Crippen LogP contribution in [0.4, 0.5) is 5.69 Å². The van der Waals surface area contributed by atoms with Gasteiger partial charge < -0.3 is 10.1 Å². The summed E-state index contributed by atoms with van der Waals surface area (Å²) in [7, 11) is 0. The van der Waals surface area contributed by atoms with Crippen LogP contribution in [0.1, 0.15) is 10.4 Å². The van der Waals surface area contributed by atoms with Gasteiger partial charge in [0.25, 0.3) is 0 Å². The maximum Gasteiger partial charge on any atom is 0.346 e. The van der Waals surface area contributed by atoms with Gasteiger partial charge in [-0.05, 0) is 24.8 Å². The first-order valence-electron chi connectivity index (χ1n) is 3.64. The summed E-state index contributed by atoms with van der Waals surface area (Å²) in [6.07, 6.45) is 0. The third kappa shape index (κ3) is 1.45. The molecule has 1 heterocycles. The fourth-order valence-corrected chi connectivity index (χ4v) is 1.50. The van der Waals surface area contributed by atoms with E-state index >= 15 is 0 Å². The van der Waals surface area contributed by atoms with Crippen LogP contribution < -0.4 is 5.32 Å². The van der Waals surface area contributed by atoms with Crippen molar-refractivity contribution in [2.24, 2.45) is 0 Å². The molecule has 0 saturated heterocycles. The Balaban J connectivity index is 2.55. The van der Waals surface area contributed by atoms with Crippen LogP contribution in [0, 0.1) is 0 Å². The lowest BCUT2D eigenvalue weighted by atomic mass is 10.1. The number of carbonyl (C=O) groups is 1. The SMILES string of the molecule is C=C1Nc2ccc(Br)cc2C(=O)O1. The van der Waals surface area contributed by atoms with E-state index in [1.807, 2.05) is 6.07 Å². The Morgan fingerprint density at radius 3 is 3.00 bits per heavy atom. The first-order valence-corrected chi connectivity index (χ1v) is 4.44. The van der Waals surface area contributed by atoms with Crippen molar-refractivity contribution in [3.05, 3.63) is 40.7 Å². The molecule has 66 valence electrons. The van der Waals surface area contributed by atoms with Crippen LogP contribution in [0.25, 0.3) is 0 Å². The van der Waals surface area contributed by atoms with Crippen LogP contribution in [0.2, 0.25) is 0 Å². The van der Waals surface area contributed by atoms with Crippen LogP contribution in [-0.2, 0) is 4.74 Å². The van der Waals surface area contributed by atoms with E-state index in [9.17, 15) is 4.79 Å². The number of cyclic esters (lactones) is 1. The van der Waals surface area contributed by atoms with Gasteiger partial charge in [0.2, 0.25) is 0 Å². The van der Waals surface area contributed by atoms with Gasteiger partial charge in [0, 0.05) is 4.47 Å². The van der Waals surface area contributed by atoms with Crippen LogP contribution >= 0.6 is 15.9 Å². The van der Waals surface area contributed by atoms with Crippen LogP contribution in [-0.4, -0.2) is 5.97 Å². The van der Waals surface area contributed by atoms with Gasteiger partial charge in [0.05, 0.1) is 11.3 Å². The smallest absolute Gasteiger partial charge is 0.346 e. The predicted octanol–water partition coefficient (Wildman–Crippen LogP) is 2.50. The van der Waals surface area contributed by atoms with Gasteiger partial charge in [-0.2, -0.15) is 0 Å². The molecule has 3 nitrogen and oxygen atoms in total. The molecule has 0 aliphatic carbocycles. The summed E-state index contributed by atoms with van der Waals surface area (Å²) < 4.78 is 5.65. The largest absolute Gasteiger partial charge is 0.407 e. The second kappa shape index (κ2) is 2.88. The van der Waals surface area contributed by atoms with E-state index in [1.54, 1.807) is 12.1 Å². The second-order valence-corrected chi connectivity index (χ2v) is 3.54. The number of hydrogen-bond donors (Lipinski definition) is 1. The van der Waals surface area contributed by atoms with Gasteiger partial charge in [-0.3, -0.25) is 0 Å². The summed E-state index contributed by atoms with van der Waals surface area (Å²) in [4.78, 5) is 11.3. The molecule has 4 heteroatoms. The van der Waals surface area contributed by atoms with Gasteiger partial charge in [-0.25, -0.2) is 4.79 Å². The lowest BCUT2D eigenvalue weighted by Gasteiger charge is -2.18. The minimum absolute atomic E-state index is 0.264. The number of halogens is 1. The third-order valence-corrected chi connectivity index (χ3v) is 2.18. The highest BCUT2D eigenvalue weighted by atomic mass is 79.9. The molecule has 13 heavy (non-hydrogen) atoms. The number of ether oxygens (including phenoxy) is 1. The zero-order valence-electron chi connectivity index (χ0n) is 6.63. The van der Waals surface area contributed by atoms with Crippen molar-refractivity contribution in [1.29, 1.82) is 0 Å². The Labute approximate surface area is 83.5 Å². The van der Waals surface area contributed by atoms with Crippen molar-refractivity contribution in [2.45, 2.75) is 0 Å². The lowest BCUT2D eigenvalue weighted by molar-refractivity contribution is 0.0621. The van der Waals surface area contributed by atoms with Crippen LogP contribution in [0.5, 0.6) is 0 Å². The van der Waals surface area contributed by atoms with Crippen molar-refractivity contribution in [2.75, 3.05) is 5.32 Å².